The van der Waals surface area contributed by atoms with Crippen LogP contribution in [-0.4, -0.2) is 37.0 Å². The van der Waals surface area contributed by atoms with Gasteiger partial charge in [-0.25, -0.2) is 8.42 Å². The number of carbonyl (C=O) groups is 1. The van der Waals surface area contributed by atoms with E-state index >= 15 is 0 Å². The first-order chi connectivity index (χ1) is 14.8. The van der Waals surface area contributed by atoms with Crippen LogP contribution in [0.1, 0.15) is 23.1 Å². The van der Waals surface area contributed by atoms with Gasteiger partial charge in [0.1, 0.15) is 0 Å². The Morgan fingerprint density at radius 3 is 2.16 bits per heavy atom. The Hall–Kier alpha value is -2.76. The maximum atomic E-state index is 12.7. The number of nitrogens with zero attached hydrogens (tertiary/aromatic N) is 1. The summed E-state index contributed by atoms with van der Waals surface area (Å²) in [5.74, 6) is -1.98. The number of rotatable bonds is 5. The van der Waals surface area contributed by atoms with Crippen LogP contribution in [0.5, 0.6) is 0 Å². The third-order valence-electron chi connectivity index (χ3n) is 5.01. The number of amides is 1. The maximum Gasteiger partial charge on any atom is 0.497 e. The summed E-state index contributed by atoms with van der Waals surface area (Å²) < 4.78 is 97.5. The van der Waals surface area contributed by atoms with E-state index in [1.165, 1.54) is 17.0 Å². The minimum Gasteiger partial charge on any atom is -0.356 e. The molecule has 1 N–H and O–H groups in total. The van der Waals surface area contributed by atoms with Gasteiger partial charge in [0.2, 0.25) is 15.7 Å². The average molecular weight is 480 g/mol. The number of alkyl halides is 6. The van der Waals surface area contributed by atoms with Gasteiger partial charge >= 0.3 is 11.7 Å². The van der Waals surface area contributed by atoms with Crippen molar-refractivity contribution in [2.45, 2.75) is 31.1 Å². The van der Waals surface area contributed by atoms with Gasteiger partial charge in [-0.2, -0.15) is 26.3 Å². The number of hydrogen-bond donors (Lipinski definition) is 1. The third kappa shape index (κ3) is 5.53. The van der Waals surface area contributed by atoms with E-state index in [4.69, 9.17) is 0 Å². The van der Waals surface area contributed by atoms with E-state index in [0.29, 0.717) is 17.8 Å². The first-order valence-corrected chi connectivity index (χ1v) is 11.0. The van der Waals surface area contributed by atoms with E-state index in [9.17, 15) is 39.6 Å². The van der Waals surface area contributed by atoms with Crippen LogP contribution in [-0.2, 0) is 33.8 Å². The fraction of sp³-hybridized carbons (Fsp3) is 0.350. The molecule has 0 spiro atoms. The van der Waals surface area contributed by atoms with E-state index in [0.717, 1.165) is 23.3 Å². The molecule has 3 rings (SSSR count). The monoisotopic (exact) mass is 480 g/mol. The minimum atomic E-state index is -5.39. The van der Waals surface area contributed by atoms with Crippen LogP contribution >= 0.6 is 0 Å². The van der Waals surface area contributed by atoms with Gasteiger partial charge in [-0.1, -0.05) is 6.07 Å². The summed E-state index contributed by atoms with van der Waals surface area (Å²) in [5, 5.41) is 3.00. The molecule has 32 heavy (non-hydrogen) atoms. The lowest BCUT2D eigenvalue weighted by molar-refractivity contribution is -0.137. The molecule has 5 nitrogen and oxygen atoms in total. The summed E-state index contributed by atoms with van der Waals surface area (Å²) in [7, 11) is -5.36. The predicted octanol–water partition coefficient (Wildman–Crippen LogP) is 4.66. The van der Waals surface area contributed by atoms with Crippen LogP contribution in [0.15, 0.2) is 42.5 Å². The molecule has 0 radical (unpaired) electrons. The summed E-state index contributed by atoms with van der Waals surface area (Å²) in [5.41, 5.74) is -3.45. The molecule has 174 valence electrons. The largest absolute Gasteiger partial charge is 0.497 e. The first kappa shape index (κ1) is 23.9. The zero-order chi connectivity index (χ0) is 23.7. The van der Waals surface area contributed by atoms with Crippen molar-refractivity contribution in [1.82, 2.24) is 4.90 Å². The molecule has 1 aliphatic heterocycles. The SMILES string of the molecule is O=C(CCS(=O)(=O)C(F)(F)F)N1CCc2cc(Nc3ccc(C(F)(F)F)cc3)ccc2C1. The van der Waals surface area contributed by atoms with Crippen LogP contribution in [0.4, 0.5) is 37.7 Å². The third-order valence-corrected chi connectivity index (χ3v) is 6.46. The molecule has 2 aromatic carbocycles. The predicted molar refractivity (Wildman–Crippen MR) is 105 cm³/mol. The lowest BCUT2D eigenvalue weighted by Gasteiger charge is -2.29. The molecule has 0 fully saturated rings. The molecule has 0 unspecified atom stereocenters. The second-order valence-electron chi connectivity index (χ2n) is 7.26. The number of anilines is 2. The van der Waals surface area contributed by atoms with Crippen molar-refractivity contribution >= 4 is 27.1 Å². The molecular formula is C20H18F6N2O3S. The van der Waals surface area contributed by atoms with Crippen LogP contribution in [0.2, 0.25) is 0 Å². The number of benzene rings is 2. The molecule has 0 saturated heterocycles. The van der Waals surface area contributed by atoms with E-state index in [1.807, 2.05) is 0 Å². The van der Waals surface area contributed by atoms with Crippen LogP contribution < -0.4 is 5.32 Å². The van der Waals surface area contributed by atoms with Gasteiger partial charge < -0.3 is 10.2 Å². The zero-order valence-electron chi connectivity index (χ0n) is 16.4. The van der Waals surface area contributed by atoms with E-state index < -0.39 is 45.2 Å². The molecule has 0 bridgehead atoms. The second kappa shape index (κ2) is 8.64. The Labute approximate surface area is 179 Å². The van der Waals surface area contributed by atoms with E-state index in [2.05, 4.69) is 5.32 Å². The number of fused-ring (bicyclic) bond motifs is 1. The van der Waals surface area contributed by atoms with Gasteiger partial charge in [0.25, 0.3) is 0 Å². The number of carbonyl (C=O) groups excluding carboxylic acids is 1. The molecule has 2 aromatic rings. The average Bonchev–Trinajstić information content (AvgIpc) is 2.70. The number of sulfone groups is 1. The van der Waals surface area contributed by atoms with Crippen LogP contribution in [0, 0.1) is 0 Å². The highest BCUT2D eigenvalue weighted by Crippen LogP contribution is 2.31. The highest BCUT2D eigenvalue weighted by molar-refractivity contribution is 7.92. The molecule has 12 heteroatoms. The molecular weight excluding hydrogens is 462 g/mol. The van der Waals surface area contributed by atoms with Gasteiger partial charge in [0.05, 0.1) is 11.3 Å². The molecule has 0 saturated carbocycles. The van der Waals surface area contributed by atoms with Gasteiger partial charge in [0.15, 0.2) is 0 Å². The topological polar surface area (TPSA) is 66.5 Å². The minimum absolute atomic E-state index is 0.126. The van der Waals surface area contributed by atoms with Gasteiger partial charge in [0, 0.05) is 30.9 Å². The summed E-state index contributed by atoms with van der Waals surface area (Å²) in [4.78, 5) is 13.5. The molecule has 0 aliphatic carbocycles. The summed E-state index contributed by atoms with van der Waals surface area (Å²) in [6, 6.07) is 9.68. The van der Waals surface area contributed by atoms with Gasteiger partial charge in [-0.15, -0.1) is 0 Å². The van der Waals surface area contributed by atoms with Crippen molar-refractivity contribution in [3.63, 3.8) is 0 Å². The van der Waals surface area contributed by atoms with Crippen molar-refractivity contribution < 1.29 is 39.6 Å². The van der Waals surface area contributed by atoms with Gasteiger partial charge in [-0.05, 0) is 53.9 Å². The van der Waals surface area contributed by atoms with E-state index in [1.54, 1.807) is 18.2 Å². The van der Waals surface area contributed by atoms with Crippen molar-refractivity contribution in [3.8, 4) is 0 Å². The van der Waals surface area contributed by atoms with E-state index in [-0.39, 0.29) is 13.1 Å². The summed E-state index contributed by atoms with van der Waals surface area (Å²) in [6.07, 6.45) is -4.79. The standard InChI is InChI=1S/C20H18F6N2O3S/c21-19(22,23)15-2-5-16(6-3-15)27-17-4-1-14-12-28(9-7-13(14)11-17)18(29)8-10-32(30,31)20(24,25)26/h1-6,11,27H,7-10,12H2. The van der Waals surface area contributed by atoms with Crippen molar-refractivity contribution in [3.05, 3.63) is 59.2 Å². The number of nitrogens with one attached hydrogen (secondary N) is 1. The van der Waals surface area contributed by atoms with Gasteiger partial charge in [-0.3, -0.25) is 4.79 Å². The van der Waals surface area contributed by atoms with Crippen molar-refractivity contribution in [2.75, 3.05) is 17.6 Å². The lowest BCUT2D eigenvalue weighted by atomic mass is 9.98. The van der Waals surface area contributed by atoms with Crippen LogP contribution in [0.25, 0.3) is 0 Å². The highest BCUT2D eigenvalue weighted by atomic mass is 32.2. The summed E-state index contributed by atoms with van der Waals surface area (Å²) in [6.45, 7) is 0.336. The van der Waals surface area contributed by atoms with Crippen molar-refractivity contribution in [1.29, 1.82) is 0 Å². The Morgan fingerprint density at radius 2 is 1.56 bits per heavy atom. The Morgan fingerprint density at radius 1 is 0.938 bits per heavy atom. The number of hydrogen-bond acceptors (Lipinski definition) is 4. The first-order valence-electron chi connectivity index (χ1n) is 9.39. The zero-order valence-corrected chi connectivity index (χ0v) is 17.2. The normalized spacial score (nSPS) is 14.8. The fourth-order valence-electron chi connectivity index (χ4n) is 3.25. The smallest absolute Gasteiger partial charge is 0.356 e. The molecule has 1 aliphatic rings. The second-order valence-corrected chi connectivity index (χ2v) is 9.36. The Kier molecular flexibility index (Phi) is 6.45. The Balaban J connectivity index is 1.62. The molecule has 1 amide bonds. The quantitative estimate of drug-likeness (QED) is 0.633. The van der Waals surface area contributed by atoms with Crippen LogP contribution in [0.3, 0.4) is 0 Å². The Bertz CT molecular complexity index is 1100. The number of halogens is 6. The maximum absolute atomic E-state index is 12.7. The van der Waals surface area contributed by atoms with Crippen molar-refractivity contribution in [2.24, 2.45) is 0 Å². The molecule has 1 heterocycles. The lowest BCUT2D eigenvalue weighted by Crippen LogP contribution is -2.37. The fourth-order valence-corrected chi connectivity index (χ4v) is 3.92. The molecule has 0 aromatic heterocycles. The summed E-state index contributed by atoms with van der Waals surface area (Å²) >= 11 is 0. The highest BCUT2D eigenvalue weighted by Gasteiger charge is 2.45. The molecule has 0 atom stereocenters.